The number of pyridine rings is 1. The fourth-order valence-corrected chi connectivity index (χ4v) is 12.6. The molecule has 5 nitrogen and oxygen atoms in total. The summed E-state index contributed by atoms with van der Waals surface area (Å²) in [4.78, 5) is 4.90. The molecule has 0 saturated heterocycles. The molecule has 3 aliphatic rings. The number of rotatable bonds is 7. The van der Waals surface area contributed by atoms with Gasteiger partial charge in [0.05, 0.1) is 16.7 Å². The van der Waals surface area contributed by atoms with E-state index in [1.54, 1.807) is 0 Å². The Kier molecular flexibility index (Phi) is 12.2. The van der Waals surface area contributed by atoms with Crippen molar-refractivity contribution in [1.82, 2.24) is 14.1 Å². The molecule has 9 aromatic carbocycles. The van der Waals surface area contributed by atoms with E-state index >= 15 is 0 Å². The quantitative estimate of drug-likeness (QED) is 0.118. The second-order valence-corrected chi connectivity index (χ2v) is 24.8. The molecule has 0 aliphatic heterocycles. The van der Waals surface area contributed by atoms with Gasteiger partial charge in [-0.3, -0.25) is 4.57 Å². The molecule has 0 N–H and O–H groups in total. The van der Waals surface area contributed by atoms with Gasteiger partial charge in [-0.15, -0.1) is 29.7 Å². The Morgan fingerprint density at radius 1 is 0.463 bits per heavy atom. The molecular weight excluding hydrogens is 1160 g/mol. The van der Waals surface area contributed by atoms with Crippen molar-refractivity contribution in [2.24, 2.45) is 0 Å². The molecule has 0 saturated carbocycles. The average molecular weight is 1220 g/mol. The maximum atomic E-state index is 6.78. The molecule has 3 aliphatic carbocycles. The van der Waals surface area contributed by atoms with Crippen molar-refractivity contribution in [2.75, 3.05) is 0 Å². The minimum Gasteiger partial charge on any atom is -0.510 e. The summed E-state index contributed by atoms with van der Waals surface area (Å²) in [6, 6.07) is 78.5. The SMILES string of the molecule is CC(C)(C)c1cc(-c2cccc(-c3ccc4c(c3)C3c5ccccc5C4c4ccccc43)c2-[n+]2[c-]n(-c3[c-]c(Oc4[c-]c5c(cc4)c4ccccc4n5-c4cc(C(C)(C)C)ccn4)ccc3)c3ccccc32)cc(C(C)(C)C)c1.[Pt]. The van der Waals surface area contributed by atoms with E-state index in [9.17, 15) is 0 Å². The first-order valence-corrected chi connectivity index (χ1v) is 27.8. The Labute approximate surface area is 484 Å². The van der Waals surface area contributed by atoms with Crippen LogP contribution in [-0.4, -0.2) is 14.1 Å². The number of hydrogen-bond acceptors (Lipinski definition) is 2. The Bertz CT molecular complexity index is 4360. The van der Waals surface area contributed by atoms with E-state index in [1.165, 1.54) is 61.2 Å². The molecule has 2 bridgehead atoms. The molecule has 6 heteroatoms. The van der Waals surface area contributed by atoms with Gasteiger partial charge in [-0.1, -0.05) is 213 Å². The molecule has 15 rings (SSSR count). The Balaban J connectivity index is 0.00000605. The number of hydrogen-bond donors (Lipinski definition) is 0. The number of ether oxygens (including phenoxy) is 1. The van der Waals surface area contributed by atoms with Crippen molar-refractivity contribution in [2.45, 2.75) is 90.4 Å². The van der Waals surface area contributed by atoms with Crippen LogP contribution in [0.25, 0.3) is 72.3 Å². The summed E-state index contributed by atoms with van der Waals surface area (Å²) in [5.41, 5.74) is 22.6. The van der Waals surface area contributed by atoms with E-state index in [2.05, 4.69) is 270 Å². The average Bonchev–Trinajstić information content (AvgIpc) is 4.07. The first kappa shape index (κ1) is 51.3. The second kappa shape index (κ2) is 19.0. The summed E-state index contributed by atoms with van der Waals surface area (Å²) < 4.78 is 13.4. The maximum absolute atomic E-state index is 6.78. The molecule has 3 heterocycles. The fourth-order valence-electron chi connectivity index (χ4n) is 12.6. The van der Waals surface area contributed by atoms with Gasteiger partial charge in [-0.2, -0.15) is 18.2 Å². The summed E-state index contributed by atoms with van der Waals surface area (Å²) in [5.74, 6) is 2.35. The Hall–Kier alpha value is -8.11. The monoisotopic (exact) mass is 1220 g/mol. The molecule has 3 aromatic heterocycles. The fraction of sp³-hybridized carbons (Fsp3) is 0.189. The van der Waals surface area contributed by atoms with Gasteiger partial charge in [0.2, 0.25) is 0 Å². The zero-order valence-corrected chi connectivity index (χ0v) is 49.0. The zero-order valence-electron chi connectivity index (χ0n) is 46.7. The third-order valence-corrected chi connectivity index (χ3v) is 16.7. The maximum Gasteiger partial charge on any atom is 0.268 e. The molecule has 0 unspecified atom stereocenters. The van der Waals surface area contributed by atoms with E-state index in [0.717, 1.165) is 61.2 Å². The van der Waals surface area contributed by atoms with Gasteiger partial charge in [-0.25, -0.2) is 4.98 Å². The van der Waals surface area contributed by atoms with Crippen LogP contribution in [0.15, 0.2) is 200 Å². The zero-order chi connectivity index (χ0) is 54.1. The molecule has 0 spiro atoms. The van der Waals surface area contributed by atoms with Crippen LogP contribution in [0.3, 0.4) is 0 Å². The van der Waals surface area contributed by atoms with Crippen LogP contribution in [0.1, 0.15) is 124 Å². The third-order valence-electron chi connectivity index (χ3n) is 16.7. The molecule has 0 fully saturated rings. The minimum atomic E-state index is -0.0758. The van der Waals surface area contributed by atoms with Crippen molar-refractivity contribution < 1.29 is 30.4 Å². The molecule has 396 valence electrons. The minimum absolute atomic E-state index is 0. The first-order valence-electron chi connectivity index (χ1n) is 27.8. The van der Waals surface area contributed by atoms with E-state index in [4.69, 9.17) is 9.72 Å². The van der Waals surface area contributed by atoms with E-state index in [-0.39, 0.29) is 49.1 Å². The van der Waals surface area contributed by atoms with Crippen LogP contribution in [0.2, 0.25) is 0 Å². The van der Waals surface area contributed by atoms with Crippen molar-refractivity contribution in [3.63, 3.8) is 0 Å². The Morgan fingerprint density at radius 3 is 1.71 bits per heavy atom. The van der Waals surface area contributed by atoms with Gasteiger partial charge in [0.25, 0.3) is 6.33 Å². The van der Waals surface area contributed by atoms with Crippen molar-refractivity contribution in [3.8, 4) is 50.9 Å². The number of nitrogens with zero attached hydrogens (tertiary/aromatic N) is 4. The van der Waals surface area contributed by atoms with E-state index in [1.807, 2.05) is 24.4 Å². The summed E-state index contributed by atoms with van der Waals surface area (Å²) in [5, 5.41) is 2.22. The van der Waals surface area contributed by atoms with Crippen molar-refractivity contribution in [1.29, 1.82) is 0 Å². The largest absolute Gasteiger partial charge is 0.510 e. The second-order valence-electron chi connectivity index (χ2n) is 24.8. The number of benzene rings is 9. The van der Waals surface area contributed by atoms with Crippen LogP contribution in [0.5, 0.6) is 11.5 Å². The third kappa shape index (κ3) is 8.47. The van der Waals surface area contributed by atoms with Gasteiger partial charge in [0.1, 0.15) is 5.82 Å². The smallest absolute Gasteiger partial charge is 0.268 e. The van der Waals surface area contributed by atoms with E-state index in [0.29, 0.717) is 11.5 Å². The summed E-state index contributed by atoms with van der Waals surface area (Å²) in [7, 11) is 0. The first-order chi connectivity index (χ1) is 38.1. The van der Waals surface area contributed by atoms with Gasteiger partial charge >= 0.3 is 0 Å². The number of aromatic nitrogens is 4. The van der Waals surface area contributed by atoms with E-state index < -0.39 is 0 Å². The number of fused-ring (bicyclic) bond motifs is 4. The van der Waals surface area contributed by atoms with Crippen LogP contribution in [-0.2, 0) is 37.3 Å². The molecular formula is C74H62N4OPt-2. The molecule has 0 radical (unpaired) electrons. The number of para-hydroxylation sites is 4. The predicted octanol–water partition coefficient (Wildman–Crippen LogP) is 17.8. The molecule has 80 heavy (non-hydrogen) atoms. The molecule has 12 aromatic rings. The molecule has 0 amide bonds. The van der Waals surface area contributed by atoms with Gasteiger partial charge in [0.15, 0.2) is 0 Å². The van der Waals surface area contributed by atoms with Crippen molar-refractivity contribution in [3.05, 3.63) is 269 Å². The van der Waals surface area contributed by atoms with Crippen LogP contribution >= 0.6 is 0 Å². The summed E-state index contributed by atoms with van der Waals surface area (Å²) in [6.45, 7) is 20.6. The standard InChI is InChI=1S/C74H62N4O.Pt/c1-72(2,3)48-36-37-75-68(42-48)78-64-29-15-14-22-56(64)57-35-33-53(44-67(57)78)79-52-21-18-20-51(43-52)76-45-77(66-31-17-16-30-65(66)76)71-54(27-19-28-55(71)47-38-49(73(4,5)6)41-50(39-47)74(7,8)9)46-32-34-62-63(40-46)70-60-25-12-10-23-58(60)69(62)59-24-11-13-26-61(59)70;/h10-42,69-70H,1-9H3;/q-2;. The Morgan fingerprint density at radius 2 is 1.04 bits per heavy atom. The summed E-state index contributed by atoms with van der Waals surface area (Å²) in [6.07, 6.45) is 5.85. The van der Waals surface area contributed by atoms with Gasteiger partial charge < -0.3 is 13.9 Å². The topological polar surface area (TPSA) is 35.9 Å². The van der Waals surface area contributed by atoms with Crippen molar-refractivity contribution >= 4 is 32.8 Å². The summed E-state index contributed by atoms with van der Waals surface area (Å²) >= 11 is 0. The van der Waals surface area contributed by atoms with Gasteiger partial charge in [0, 0.05) is 56.1 Å². The van der Waals surface area contributed by atoms with Crippen LogP contribution in [0.4, 0.5) is 0 Å². The van der Waals surface area contributed by atoms with Gasteiger partial charge in [-0.05, 0) is 118 Å². The van der Waals surface area contributed by atoms with Crippen LogP contribution in [0, 0.1) is 18.5 Å². The molecule has 0 atom stereocenters. The normalized spacial score (nSPS) is 14.7. The predicted molar refractivity (Wildman–Crippen MR) is 322 cm³/mol. The number of imidazole rings is 1. The van der Waals surface area contributed by atoms with Crippen LogP contribution < -0.4 is 9.30 Å².